The lowest BCUT2D eigenvalue weighted by molar-refractivity contribution is -0.116. The smallest absolute Gasteiger partial charge is 0.247 e. The second-order valence-corrected chi connectivity index (χ2v) is 4.73. The molecular formula is C15H19N3O2. The maximum atomic E-state index is 12.0. The van der Waals surface area contributed by atoms with E-state index >= 15 is 0 Å². The summed E-state index contributed by atoms with van der Waals surface area (Å²) in [6.45, 7) is 5.69. The molecule has 1 atom stereocenters. The molecule has 0 aliphatic rings. The number of aryl methyl sites for hydroxylation is 2. The molecule has 0 aliphatic carbocycles. The number of benzene rings is 1. The zero-order chi connectivity index (χ0) is 14.5. The molecular weight excluding hydrogens is 254 g/mol. The van der Waals surface area contributed by atoms with Gasteiger partial charge in [-0.15, -0.1) is 0 Å². The van der Waals surface area contributed by atoms with Gasteiger partial charge in [-0.05, 0) is 38.0 Å². The van der Waals surface area contributed by atoms with Crippen molar-refractivity contribution in [2.75, 3.05) is 10.6 Å². The second-order valence-electron chi connectivity index (χ2n) is 4.73. The summed E-state index contributed by atoms with van der Waals surface area (Å²) in [6.07, 6.45) is 1.00. The van der Waals surface area contributed by atoms with Crippen LogP contribution in [0, 0.1) is 6.92 Å². The summed E-state index contributed by atoms with van der Waals surface area (Å²) in [5.41, 5.74) is 2.19. The van der Waals surface area contributed by atoms with Crippen molar-refractivity contribution in [2.45, 2.75) is 33.2 Å². The highest BCUT2D eigenvalue weighted by Gasteiger charge is 2.14. The molecule has 0 unspecified atom stereocenters. The number of hydrogen-bond acceptors (Lipinski definition) is 4. The highest BCUT2D eigenvalue weighted by molar-refractivity contribution is 5.95. The molecule has 20 heavy (non-hydrogen) atoms. The molecule has 0 fully saturated rings. The Labute approximate surface area is 118 Å². The summed E-state index contributed by atoms with van der Waals surface area (Å²) in [6, 6.07) is 9.37. The first kappa shape index (κ1) is 14.1. The largest absolute Gasteiger partial charge is 0.374 e. The third-order valence-corrected chi connectivity index (χ3v) is 3.02. The van der Waals surface area contributed by atoms with Gasteiger partial charge in [0.2, 0.25) is 5.91 Å². The van der Waals surface area contributed by atoms with Crippen LogP contribution in [0.2, 0.25) is 0 Å². The van der Waals surface area contributed by atoms with Gasteiger partial charge in [0.25, 0.3) is 0 Å². The van der Waals surface area contributed by atoms with E-state index in [1.807, 2.05) is 24.3 Å². The average Bonchev–Trinajstić information content (AvgIpc) is 2.85. The molecule has 5 heteroatoms. The molecule has 1 amide bonds. The van der Waals surface area contributed by atoms with Crippen molar-refractivity contribution in [2.24, 2.45) is 0 Å². The van der Waals surface area contributed by atoms with Crippen LogP contribution >= 0.6 is 0 Å². The van der Waals surface area contributed by atoms with Crippen molar-refractivity contribution in [3.63, 3.8) is 0 Å². The van der Waals surface area contributed by atoms with Crippen LogP contribution in [0.3, 0.4) is 0 Å². The maximum absolute atomic E-state index is 12.0. The Kier molecular flexibility index (Phi) is 4.40. The molecule has 2 rings (SSSR count). The Bertz CT molecular complexity index is 575. The number of nitrogens with one attached hydrogen (secondary N) is 2. The normalized spacial score (nSPS) is 11.9. The second kappa shape index (κ2) is 6.23. The Morgan fingerprint density at radius 2 is 2.05 bits per heavy atom. The number of nitrogens with zero attached hydrogens (tertiary/aromatic N) is 1. The number of hydrogen-bond donors (Lipinski definition) is 2. The molecule has 0 radical (unpaired) electrons. The van der Waals surface area contributed by atoms with E-state index in [2.05, 4.69) is 22.7 Å². The molecule has 0 spiro atoms. The molecule has 1 heterocycles. The molecule has 2 aromatic rings. The predicted octanol–water partition coefficient (Wildman–Crippen LogP) is 2.98. The van der Waals surface area contributed by atoms with Crippen LogP contribution in [0.1, 0.15) is 25.2 Å². The monoisotopic (exact) mass is 273 g/mol. The zero-order valence-electron chi connectivity index (χ0n) is 11.9. The number of amides is 1. The van der Waals surface area contributed by atoms with Gasteiger partial charge in [0.1, 0.15) is 11.8 Å². The standard InChI is InChI=1S/C15H19N3O2/c1-4-12-5-7-13(8-6-12)16-11(3)15(19)17-14-9-10(2)20-18-14/h5-9,11,16H,4H2,1-3H3,(H,17,18,19)/t11-/m1/s1. The van der Waals surface area contributed by atoms with Crippen LogP contribution in [0.5, 0.6) is 0 Å². The quantitative estimate of drug-likeness (QED) is 0.878. The fourth-order valence-electron chi connectivity index (χ4n) is 1.81. The summed E-state index contributed by atoms with van der Waals surface area (Å²) < 4.78 is 4.90. The van der Waals surface area contributed by atoms with Crippen LogP contribution in [-0.4, -0.2) is 17.1 Å². The minimum atomic E-state index is -0.362. The number of carbonyl (C=O) groups is 1. The first-order valence-corrected chi connectivity index (χ1v) is 6.68. The minimum Gasteiger partial charge on any atom is -0.374 e. The Balaban J connectivity index is 1.92. The van der Waals surface area contributed by atoms with Gasteiger partial charge in [-0.1, -0.05) is 24.2 Å². The topological polar surface area (TPSA) is 67.2 Å². The number of carbonyl (C=O) groups excluding carboxylic acids is 1. The van der Waals surface area contributed by atoms with Gasteiger partial charge in [0.05, 0.1) is 0 Å². The molecule has 0 saturated carbocycles. The summed E-state index contributed by atoms with van der Waals surface area (Å²) in [5, 5.41) is 9.58. The van der Waals surface area contributed by atoms with E-state index in [4.69, 9.17) is 4.52 Å². The molecule has 1 aromatic heterocycles. The average molecular weight is 273 g/mol. The van der Waals surface area contributed by atoms with Crippen molar-refractivity contribution in [1.82, 2.24) is 5.16 Å². The Morgan fingerprint density at radius 1 is 1.35 bits per heavy atom. The number of rotatable bonds is 5. The lowest BCUT2D eigenvalue weighted by atomic mass is 10.1. The molecule has 0 saturated heterocycles. The maximum Gasteiger partial charge on any atom is 0.247 e. The Morgan fingerprint density at radius 3 is 2.60 bits per heavy atom. The molecule has 5 nitrogen and oxygen atoms in total. The summed E-state index contributed by atoms with van der Waals surface area (Å²) in [5.74, 6) is 0.941. The minimum absolute atomic E-state index is 0.155. The lowest BCUT2D eigenvalue weighted by Gasteiger charge is -2.14. The Hall–Kier alpha value is -2.30. The summed E-state index contributed by atoms with van der Waals surface area (Å²) >= 11 is 0. The van der Waals surface area contributed by atoms with Crippen LogP contribution < -0.4 is 10.6 Å². The number of aromatic nitrogens is 1. The van der Waals surface area contributed by atoms with Crippen LogP contribution in [0.25, 0.3) is 0 Å². The lowest BCUT2D eigenvalue weighted by Crippen LogP contribution is -2.31. The van der Waals surface area contributed by atoms with Gasteiger partial charge < -0.3 is 15.2 Å². The van der Waals surface area contributed by atoms with Gasteiger partial charge in [-0.3, -0.25) is 4.79 Å². The fraction of sp³-hybridized carbons (Fsp3) is 0.333. The van der Waals surface area contributed by atoms with Gasteiger partial charge in [-0.25, -0.2) is 0 Å². The van der Waals surface area contributed by atoms with Gasteiger partial charge in [0.15, 0.2) is 5.82 Å². The summed E-state index contributed by atoms with van der Waals surface area (Å²) in [4.78, 5) is 12.0. The third-order valence-electron chi connectivity index (χ3n) is 3.02. The van der Waals surface area contributed by atoms with Gasteiger partial charge >= 0.3 is 0 Å². The van der Waals surface area contributed by atoms with E-state index < -0.39 is 0 Å². The highest BCUT2D eigenvalue weighted by Crippen LogP contribution is 2.12. The van der Waals surface area contributed by atoms with E-state index in [1.54, 1.807) is 19.9 Å². The molecule has 2 N–H and O–H groups in total. The van der Waals surface area contributed by atoms with Crippen LogP contribution in [0.15, 0.2) is 34.9 Å². The first-order valence-electron chi connectivity index (χ1n) is 6.68. The SMILES string of the molecule is CCc1ccc(N[C@H](C)C(=O)Nc2cc(C)on2)cc1. The van der Waals surface area contributed by atoms with E-state index in [0.29, 0.717) is 11.6 Å². The zero-order valence-corrected chi connectivity index (χ0v) is 11.9. The third kappa shape index (κ3) is 3.60. The summed E-state index contributed by atoms with van der Waals surface area (Å²) in [7, 11) is 0. The van der Waals surface area contributed by atoms with Crippen molar-refractivity contribution in [3.8, 4) is 0 Å². The fourth-order valence-corrected chi connectivity index (χ4v) is 1.81. The van der Waals surface area contributed by atoms with Gasteiger partial charge in [0, 0.05) is 11.8 Å². The van der Waals surface area contributed by atoms with Crippen LogP contribution in [0.4, 0.5) is 11.5 Å². The molecule has 106 valence electrons. The van der Waals surface area contributed by atoms with E-state index in [1.165, 1.54) is 5.56 Å². The molecule has 1 aromatic carbocycles. The van der Waals surface area contributed by atoms with Crippen molar-refractivity contribution < 1.29 is 9.32 Å². The molecule has 0 aliphatic heterocycles. The van der Waals surface area contributed by atoms with E-state index in [-0.39, 0.29) is 11.9 Å². The van der Waals surface area contributed by atoms with Gasteiger partial charge in [-0.2, -0.15) is 0 Å². The molecule has 0 bridgehead atoms. The van der Waals surface area contributed by atoms with E-state index in [9.17, 15) is 4.79 Å². The van der Waals surface area contributed by atoms with Crippen molar-refractivity contribution >= 4 is 17.4 Å². The predicted molar refractivity (Wildman–Crippen MR) is 78.8 cm³/mol. The first-order chi connectivity index (χ1) is 9.58. The highest BCUT2D eigenvalue weighted by atomic mass is 16.5. The van der Waals surface area contributed by atoms with Crippen molar-refractivity contribution in [1.29, 1.82) is 0 Å². The van der Waals surface area contributed by atoms with Crippen LogP contribution in [-0.2, 0) is 11.2 Å². The number of anilines is 2. The van der Waals surface area contributed by atoms with Crippen molar-refractivity contribution in [3.05, 3.63) is 41.7 Å². The van der Waals surface area contributed by atoms with E-state index in [0.717, 1.165) is 12.1 Å².